The summed E-state index contributed by atoms with van der Waals surface area (Å²) in [6.07, 6.45) is -0.545. The number of aromatic hydroxyl groups is 2. The molecule has 3 aromatic carbocycles. The number of H-pyrrole nitrogens is 1. The van der Waals surface area contributed by atoms with E-state index in [2.05, 4.69) is 73.8 Å². The van der Waals surface area contributed by atoms with E-state index in [9.17, 15) is 78.0 Å². The molecular weight excluding hydrogens is 1470 g/mol. The zero-order chi connectivity index (χ0) is 81.4. The molecule has 600 valence electrons. The van der Waals surface area contributed by atoms with Crippen LogP contribution in [-0.4, -0.2) is 227 Å². The minimum atomic E-state index is -1.91. The highest BCUT2D eigenvalue weighted by atomic mass is 32.2. The first-order valence-electron chi connectivity index (χ1n) is 36.6. The predicted molar refractivity (Wildman–Crippen MR) is 413 cm³/mol. The second-order valence-corrected chi connectivity index (χ2v) is 32.1. The van der Waals surface area contributed by atoms with Crippen molar-refractivity contribution in [3.63, 3.8) is 0 Å². The van der Waals surface area contributed by atoms with Gasteiger partial charge in [-0.3, -0.25) is 62.3 Å². The van der Waals surface area contributed by atoms with Crippen LogP contribution in [0.3, 0.4) is 0 Å². The number of thioether (sulfide) groups is 2. The van der Waals surface area contributed by atoms with Crippen LogP contribution < -0.4 is 69.5 Å². The monoisotopic (exact) mass is 1570 g/mol. The number of primary amides is 1. The van der Waals surface area contributed by atoms with E-state index < -0.39 is 172 Å². The van der Waals surface area contributed by atoms with E-state index in [0.29, 0.717) is 39.2 Å². The van der Waals surface area contributed by atoms with Crippen LogP contribution >= 0.6 is 23.5 Å². The summed E-state index contributed by atoms with van der Waals surface area (Å²) in [6.45, 7) is 14.2. The Labute approximate surface area is 651 Å². The first kappa shape index (κ1) is 86.2. The van der Waals surface area contributed by atoms with Gasteiger partial charge in [0.15, 0.2) is 0 Å². The average Bonchev–Trinajstić information content (AvgIpc) is 1.41. The number of hydrogen-bond acceptors (Lipinski definition) is 21. The fraction of sp³-hybridized carbons (Fsp3) is 0.500. The van der Waals surface area contributed by atoms with E-state index in [1.165, 1.54) is 118 Å². The molecule has 2 bridgehead atoms. The molecule has 5 aromatic rings. The predicted octanol–water partition coefficient (Wildman–Crippen LogP) is -1.14. The fourth-order valence-electron chi connectivity index (χ4n) is 12.8. The smallest absolute Gasteiger partial charge is 0.249 e. The highest BCUT2D eigenvalue weighted by Gasteiger charge is 2.49. The number of carbonyl (C=O) groups is 13. The lowest BCUT2D eigenvalue weighted by molar-refractivity contribution is -0.143. The van der Waals surface area contributed by atoms with E-state index in [4.69, 9.17) is 5.73 Å². The number of benzene rings is 3. The minimum absolute atomic E-state index is 0.0126. The van der Waals surface area contributed by atoms with Crippen LogP contribution in [0.1, 0.15) is 110 Å². The Morgan fingerprint density at radius 2 is 1.20 bits per heavy atom. The number of aromatic nitrogens is 2. The molecule has 2 aromatic heterocycles. The third kappa shape index (κ3) is 22.9. The van der Waals surface area contributed by atoms with Gasteiger partial charge in [0.1, 0.15) is 88.6 Å². The van der Waals surface area contributed by atoms with Gasteiger partial charge in [-0.05, 0) is 116 Å². The Morgan fingerprint density at radius 1 is 0.640 bits per heavy atom. The van der Waals surface area contributed by atoms with Gasteiger partial charge in [0.25, 0.3) is 0 Å². The second-order valence-electron chi connectivity index (χ2n) is 30.0. The number of aromatic amines is 1. The van der Waals surface area contributed by atoms with Gasteiger partial charge in [0, 0.05) is 86.6 Å². The van der Waals surface area contributed by atoms with Gasteiger partial charge in [0.2, 0.25) is 76.8 Å². The van der Waals surface area contributed by atoms with Gasteiger partial charge < -0.3 is 99.8 Å². The molecule has 3 aliphatic rings. The lowest BCUT2D eigenvalue weighted by atomic mass is 9.85. The lowest BCUT2D eigenvalue weighted by Crippen LogP contribution is -2.77. The SMILES string of the molecule is CC(=O)N[C@H]1CSCc2cccc(c2)CSC[C@H](C(N)=O)NC(=O)[C@H]([C@@H](C)O)NC(=O)[C@](C)(C(C)C)NC(=O)[C@H](Cc2ccc(O)cc2)NC(=O)[C@H](C)NC(=O)C2(CNC2)NC(=O)[C@H](Cc2c[nH]c3ncccc23)NC(=O)[C@H]([C@@H](C)O)NC(=O)[C@@H]2CCCN2C(=O)[C@H](Cc2ccc(O)cc2)NC(=O)[C@H](C(C)(C)C)NC1=O. The number of pyridine rings is 1. The van der Waals surface area contributed by atoms with E-state index >= 15 is 4.79 Å². The summed E-state index contributed by atoms with van der Waals surface area (Å²) in [5, 5.41) is 75.7. The maximum Gasteiger partial charge on any atom is 0.249 e. The van der Waals surface area contributed by atoms with Gasteiger partial charge >= 0.3 is 0 Å². The lowest BCUT2D eigenvalue weighted by Gasteiger charge is -2.42. The molecular formula is C76H102N16O17S2. The van der Waals surface area contributed by atoms with Crippen LogP contribution in [0.5, 0.6) is 11.5 Å². The van der Waals surface area contributed by atoms with Crippen molar-refractivity contribution in [1.29, 1.82) is 0 Å². The minimum Gasteiger partial charge on any atom is -0.508 e. The summed E-state index contributed by atoms with van der Waals surface area (Å²) < 4.78 is 0. The number of phenols is 2. The third-order valence-electron chi connectivity index (χ3n) is 19.8. The van der Waals surface area contributed by atoms with Crippen LogP contribution in [-0.2, 0) is 93.1 Å². The standard InChI is InChI=1S/C76H102N16O17S2/c1-39(2)75(10)72(108)88-59(42(5)94)69(105)86-55(61(77)98)35-110-33-46-14-11-15-47(28-46)34-111-36-56(82-43(6)95)64(100)89-60(74(7,8)9)70(106)85-54(30-45-20-24-50(97)25-21-45)71(107)92-27-13-17-57(92)67(103)87-58(41(4)93)68(104)84-53(31-48-32-80-62-51(48)16-12-26-79-62)66(102)91-76(37-78-38-76)73(109)81-40(3)63(99)83-52(65(101)90-75)29-44-18-22-49(96)23-19-44/h11-12,14-16,18-26,28,32,39-42,52-60,78,93-94,96-97H,13,17,27,29-31,33-38H2,1-10H3,(H2,77,98)(H,79,80)(H,81,109)(H,82,95)(H,83,99)(H,84,104)(H,85,106)(H,86,105)(H,87,103)(H,88,108)(H,89,100)(H,90,101)(H,91,102)/t40-,41+,42+,52-,53-,54-,55+,56-,57-,58-,59-,60+,75-/m0/s1. The van der Waals surface area contributed by atoms with Crippen molar-refractivity contribution in [2.75, 3.05) is 31.1 Å². The quantitative estimate of drug-likeness (QED) is 0.0743. The maximum atomic E-state index is 15.2. The van der Waals surface area contributed by atoms with Gasteiger partial charge in [-0.2, -0.15) is 23.5 Å². The highest BCUT2D eigenvalue weighted by Crippen LogP contribution is 2.27. The van der Waals surface area contributed by atoms with Crippen molar-refractivity contribution in [3.05, 3.63) is 125 Å². The molecule has 35 heteroatoms. The molecule has 19 N–H and O–H groups in total. The zero-order valence-corrected chi connectivity index (χ0v) is 65.2. The molecule has 0 aliphatic carbocycles. The van der Waals surface area contributed by atoms with Crippen LogP contribution in [0.15, 0.2) is 97.3 Å². The highest BCUT2D eigenvalue weighted by molar-refractivity contribution is 7.98. The number of hydrogen-bond donors (Lipinski definition) is 18. The van der Waals surface area contributed by atoms with Crippen LogP contribution in [0, 0.1) is 11.3 Å². The molecule has 0 unspecified atom stereocenters. The number of carbonyl (C=O) groups excluding carboxylic acids is 13. The summed E-state index contributed by atoms with van der Waals surface area (Å²) in [4.78, 5) is 196. The Hall–Kier alpha value is -10.4. The van der Waals surface area contributed by atoms with Crippen LogP contribution in [0.25, 0.3) is 11.0 Å². The number of aliphatic hydroxyl groups is 2. The number of nitrogens with two attached hydrogens (primary N) is 1. The van der Waals surface area contributed by atoms with Crippen molar-refractivity contribution in [2.24, 2.45) is 17.1 Å². The van der Waals surface area contributed by atoms with Gasteiger partial charge in [-0.15, -0.1) is 0 Å². The van der Waals surface area contributed by atoms with Gasteiger partial charge in [-0.25, -0.2) is 4.98 Å². The van der Waals surface area contributed by atoms with E-state index in [1.54, 1.807) is 59.0 Å². The number of nitrogens with one attached hydrogen (secondary N) is 13. The molecule has 5 heterocycles. The first-order chi connectivity index (χ1) is 52.4. The molecule has 1 spiro atoms. The molecule has 33 nitrogen and oxygen atoms in total. The number of amides is 13. The Bertz CT molecular complexity index is 4230. The van der Waals surface area contributed by atoms with Crippen molar-refractivity contribution < 1.29 is 82.8 Å². The molecule has 13 amide bonds. The molecule has 0 saturated carbocycles. The largest absolute Gasteiger partial charge is 0.508 e. The van der Waals surface area contributed by atoms with E-state index in [-0.39, 0.29) is 74.7 Å². The summed E-state index contributed by atoms with van der Waals surface area (Å²) in [7, 11) is 0. The number of fused-ring (bicyclic) bond motifs is 4. The molecule has 2 fully saturated rings. The molecule has 13 atom stereocenters. The normalized spacial score (nSPS) is 26.0. The summed E-state index contributed by atoms with van der Waals surface area (Å²) in [6, 6.07) is 7.50. The van der Waals surface area contributed by atoms with Crippen LogP contribution in [0.4, 0.5) is 0 Å². The number of aliphatic hydroxyl groups excluding tert-OH is 2. The molecule has 111 heavy (non-hydrogen) atoms. The number of rotatable bonds is 11. The zero-order valence-electron chi connectivity index (χ0n) is 63.6. The van der Waals surface area contributed by atoms with E-state index in [1.807, 2.05) is 18.2 Å². The second kappa shape index (κ2) is 38.0. The van der Waals surface area contributed by atoms with Crippen molar-refractivity contribution in [3.8, 4) is 11.5 Å². The molecule has 8 rings (SSSR count). The first-order valence-corrected chi connectivity index (χ1v) is 38.9. The van der Waals surface area contributed by atoms with Crippen molar-refractivity contribution >= 4 is 111 Å². The average molecular weight is 1580 g/mol. The Balaban J connectivity index is 1.12. The van der Waals surface area contributed by atoms with Crippen molar-refractivity contribution in [1.82, 2.24) is 78.7 Å². The fourth-order valence-corrected chi connectivity index (χ4v) is 14.9. The van der Waals surface area contributed by atoms with Crippen molar-refractivity contribution in [2.45, 2.75) is 197 Å². The topological polar surface area (TPSA) is 505 Å². The maximum absolute atomic E-state index is 15.2. The summed E-state index contributed by atoms with van der Waals surface area (Å²) >= 11 is 2.52. The Morgan fingerprint density at radius 3 is 1.77 bits per heavy atom. The molecule has 2 saturated heterocycles. The summed E-state index contributed by atoms with van der Waals surface area (Å²) in [5.41, 5.74) is 4.42. The number of nitrogens with zero attached hydrogens (tertiary/aromatic N) is 2. The molecule has 3 aliphatic heterocycles. The summed E-state index contributed by atoms with van der Waals surface area (Å²) in [5.74, 6) is -11.8. The van der Waals surface area contributed by atoms with E-state index in [0.717, 1.165) is 11.1 Å². The van der Waals surface area contributed by atoms with Gasteiger partial charge in [0.05, 0.1) is 12.2 Å². The molecule has 0 radical (unpaired) electrons. The number of phenolic OH excluding ortho intramolecular Hbond substituents is 2. The third-order valence-corrected chi connectivity index (χ3v) is 22.0. The van der Waals surface area contributed by atoms with Crippen LogP contribution in [0.2, 0.25) is 0 Å². The van der Waals surface area contributed by atoms with Gasteiger partial charge in [-0.1, -0.05) is 83.1 Å². The Kier molecular flexibility index (Phi) is 29.6.